The van der Waals surface area contributed by atoms with Crippen molar-refractivity contribution in [3.05, 3.63) is 130 Å². The maximum atomic E-state index is 12.1. The number of pyridine rings is 3. The van der Waals surface area contributed by atoms with Crippen molar-refractivity contribution < 1.29 is 24.5 Å². The van der Waals surface area contributed by atoms with Crippen LogP contribution in [0.2, 0.25) is 0 Å². The lowest BCUT2D eigenvalue weighted by Gasteiger charge is -2.23. The van der Waals surface area contributed by atoms with E-state index in [0.29, 0.717) is 16.8 Å². The molecule has 2 aromatic carbocycles. The Labute approximate surface area is 292 Å². The third-order valence-electron chi connectivity index (χ3n) is 9.22. The molecule has 0 saturated carbocycles. The first-order valence-electron chi connectivity index (χ1n) is 17.1. The highest BCUT2D eigenvalue weighted by Gasteiger charge is 2.22. The normalized spacial score (nSPS) is 12.2. The molecule has 0 unspecified atom stereocenters. The van der Waals surface area contributed by atoms with Gasteiger partial charge in [0, 0.05) is 48.7 Å². The van der Waals surface area contributed by atoms with Gasteiger partial charge in [-0.2, -0.15) is 0 Å². The van der Waals surface area contributed by atoms with Crippen LogP contribution in [0.3, 0.4) is 0 Å². The van der Waals surface area contributed by atoms with E-state index in [9.17, 15) is 14.7 Å². The molecular formula is C41H42N4O5. The van der Waals surface area contributed by atoms with E-state index in [1.54, 1.807) is 19.4 Å². The predicted molar refractivity (Wildman–Crippen MR) is 192 cm³/mol. The fourth-order valence-corrected chi connectivity index (χ4v) is 6.81. The molecule has 2 N–H and O–H groups in total. The Bertz CT molecular complexity index is 2000. The number of aromatic carboxylic acids is 1. The van der Waals surface area contributed by atoms with Crippen molar-refractivity contribution in [2.75, 3.05) is 13.7 Å². The summed E-state index contributed by atoms with van der Waals surface area (Å²) in [4.78, 5) is 39.8. The highest BCUT2D eigenvalue weighted by atomic mass is 16.5. The summed E-state index contributed by atoms with van der Waals surface area (Å²) in [6.07, 6.45) is 8.24. The molecule has 0 fully saturated rings. The molecule has 9 nitrogen and oxygen atoms in total. The van der Waals surface area contributed by atoms with Gasteiger partial charge in [-0.15, -0.1) is 0 Å². The molecule has 0 aliphatic heterocycles. The number of carbonyl (C=O) groups is 2. The van der Waals surface area contributed by atoms with Crippen LogP contribution in [0.15, 0.2) is 85.2 Å². The summed E-state index contributed by atoms with van der Waals surface area (Å²) in [7, 11) is 1.70. The number of aromatic nitrogens is 3. The van der Waals surface area contributed by atoms with Crippen molar-refractivity contribution in [3.8, 4) is 28.3 Å². The molecule has 50 heavy (non-hydrogen) atoms. The number of carboxylic acids is 2. The van der Waals surface area contributed by atoms with E-state index in [-0.39, 0.29) is 18.5 Å². The number of benzene rings is 2. The molecule has 9 heteroatoms. The number of ether oxygens (including phenoxy) is 1. The molecule has 0 spiro atoms. The van der Waals surface area contributed by atoms with Gasteiger partial charge < -0.3 is 14.9 Å². The van der Waals surface area contributed by atoms with Gasteiger partial charge in [-0.05, 0) is 116 Å². The van der Waals surface area contributed by atoms with Gasteiger partial charge in [0.05, 0.1) is 18.5 Å². The number of rotatable bonds is 15. The molecule has 3 heterocycles. The van der Waals surface area contributed by atoms with Crippen LogP contribution in [0.1, 0.15) is 68.8 Å². The fourth-order valence-electron chi connectivity index (χ4n) is 6.81. The van der Waals surface area contributed by atoms with Crippen LogP contribution in [0.5, 0.6) is 5.75 Å². The van der Waals surface area contributed by atoms with Crippen LogP contribution in [-0.2, 0) is 43.6 Å². The summed E-state index contributed by atoms with van der Waals surface area (Å²) < 4.78 is 5.47. The SMILES string of the molecule is COc1cccc(CN(CCCc2cc3c(c(-c4cnc(-c5cc(CCC(=O)O)cnc5C(=O)O)c(C)c4)n2)CCC3)Cc2ccccc2)c1. The number of hydrogen-bond acceptors (Lipinski definition) is 7. The Morgan fingerprint density at radius 3 is 2.40 bits per heavy atom. The van der Waals surface area contributed by atoms with Crippen LogP contribution in [0.25, 0.3) is 22.5 Å². The zero-order valence-electron chi connectivity index (χ0n) is 28.6. The average Bonchev–Trinajstić information content (AvgIpc) is 3.59. The van der Waals surface area contributed by atoms with Crippen molar-refractivity contribution in [1.82, 2.24) is 19.9 Å². The van der Waals surface area contributed by atoms with Gasteiger partial charge in [0.25, 0.3) is 0 Å². The molecule has 0 bridgehead atoms. The van der Waals surface area contributed by atoms with Crippen LogP contribution in [0, 0.1) is 6.92 Å². The molecular weight excluding hydrogens is 628 g/mol. The summed E-state index contributed by atoms with van der Waals surface area (Å²) in [5, 5.41) is 19.0. The zero-order valence-corrected chi connectivity index (χ0v) is 28.6. The second-order valence-electron chi connectivity index (χ2n) is 12.9. The number of carboxylic acid groups (broad SMARTS) is 2. The van der Waals surface area contributed by atoms with Crippen molar-refractivity contribution in [2.45, 2.75) is 65.0 Å². The molecule has 3 aromatic heterocycles. The van der Waals surface area contributed by atoms with E-state index >= 15 is 0 Å². The van der Waals surface area contributed by atoms with Gasteiger partial charge in [-0.25, -0.2) is 9.78 Å². The molecule has 256 valence electrons. The number of nitrogens with zero attached hydrogens (tertiary/aromatic N) is 4. The first-order valence-corrected chi connectivity index (χ1v) is 17.1. The molecule has 1 aliphatic carbocycles. The van der Waals surface area contributed by atoms with Gasteiger partial charge in [0.15, 0.2) is 5.69 Å². The van der Waals surface area contributed by atoms with Crippen molar-refractivity contribution in [3.63, 3.8) is 0 Å². The third kappa shape index (κ3) is 8.41. The Hall–Kier alpha value is -5.41. The molecule has 0 atom stereocenters. The zero-order chi connectivity index (χ0) is 35.0. The first kappa shape index (κ1) is 34.5. The minimum absolute atomic E-state index is 0.0701. The monoisotopic (exact) mass is 670 g/mol. The maximum absolute atomic E-state index is 12.1. The van der Waals surface area contributed by atoms with Crippen LogP contribution in [0.4, 0.5) is 0 Å². The van der Waals surface area contributed by atoms with E-state index in [1.807, 2.05) is 31.2 Å². The Balaban J connectivity index is 1.23. The summed E-state index contributed by atoms with van der Waals surface area (Å²) in [6, 6.07) is 24.8. The van der Waals surface area contributed by atoms with Crippen LogP contribution in [-0.4, -0.2) is 55.7 Å². The number of fused-ring (bicyclic) bond motifs is 1. The minimum Gasteiger partial charge on any atom is -0.497 e. The van der Waals surface area contributed by atoms with Gasteiger partial charge in [0.1, 0.15) is 5.75 Å². The lowest BCUT2D eigenvalue weighted by atomic mass is 9.97. The van der Waals surface area contributed by atoms with E-state index < -0.39 is 11.9 Å². The quantitative estimate of drug-likeness (QED) is 0.118. The summed E-state index contributed by atoms with van der Waals surface area (Å²) in [5.74, 6) is -1.22. The van der Waals surface area contributed by atoms with Gasteiger partial charge in [-0.1, -0.05) is 42.5 Å². The van der Waals surface area contributed by atoms with E-state index in [1.165, 1.54) is 28.5 Å². The second kappa shape index (κ2) is 15.9. The lowest BCUT2D eigenvalue weighted by Crippen LogP contribution is -2.24. The lowest BCUT2D eigenvalue weighted by molar-refractivity contribution is -0.136. The summed E-state index contributed by atoms with van der Waals surface area (Å²) in [6.45, 7) is 4.48. The average molecular weight is 671 g/mol. The molecule has 1 aliphatic rings. The van der Waals surface area contributed by atoms with Crippen molar-refractivity contribution in [2.24, 2.45) is 0 Å². The van der Waals surface area contributed by atoms with Gasteiger partial charge in [-0.3, -0.25) is 19.7 Å². The third-order valence-corrected chi connectivity index (χ3v) is 9.22. The number of hydrogen-bond donors (Lipinski definition) is 2. The second-order valence-corrected chi connectivity index (χ2v) is 12.9. The van der Waals surface area contributed by atoms with E-state index in [2.05, 4.69) is 52.3 Å². The van der Waals surface area contributed by atoms with Gasteiger partial charge >= 0.3 is 11.9 Å². The molecule has 0 amide bonds. The Morgan fingerprint density at radius 1 is 0.840 bits per heavy atom. The highest BCUT2D eigenvalue weighted by Crippen LogP contribution is 2.34. The predicted octanol–water partition coefficient (Wildman–Crippen LogP) is 7.36. The van der Waals surface area contributed by atoms with Gasteiger partial charge in [0.2, 0.25) is 0 Å². The van der Waals surface area contributed by atoms with E-state index in [4.69, 9.17) is 19.8 Å². The number of methoxy groups -OCH3 is 1. The Morgan fingerprint density at radius 2 is 1.64 bits per heavy atom. The summed E-state index contributed by atoms with van der Waals surface area (Å²) >= 11 is 0. The topological polar surface area (TPSA) is 126 Å². The minimum atomic E-state index is -1.16. The van der Waals surface area contributed by atoms with Crippen molar-refractivity contribution in [1.29, 1.82) is 0 Å². The first-order chi connectivity index (χ1) is 24.3. The molecule has 6 rings (SSSR count). The molecule has 5 aromatic rings. The standard InChI is InChI=1S/C41H42N4O5/c1-27-19-32(24-43-38(27)36-21-29(16-17-37(46)47)23-42-40(36)41(48)49)39-35-15-7-12-31(35)22-33(44-39)13-8-18-45(25-28-9-4-3-5-10-28)26-30-11-6-14-34(20-30)50-2/h3-6,9-11,14,19-24H,7-8,12-13,15-18,25-26H2,1-2H3,(H,46,47)(H,48,49). The van der Waals surface area contributed by atoms with Crippen LogP contribution >= 0.6 is 0 Å². The Kier molecular flexibility index (Phi) is 10.9. The maximum Gasteiger partial charge on any atom is 0.355 e. The van der Waals surface area contributed by atoms with E-state index in [0.717, 1.165) is 80.0 Å². The smallest absolute Gasteiger partial charge is 0.355 e. The fraction of sp³-hybridized carbons (Fsp3) is 0.293. The number of aliphatic carboxylic acids is 1. The molecule has 0 radical (unpaired) electrons. The largest absolute Gasteiger partial charge is 0.497 e. The number of aryl methyl sites for hydroxylation is 4. The molecule has 0 saturated heterocycles. The highest BCUT2D eigenvalue weighted by molar-refractivity contribution is 5.94. The van der Waals surface area contributed by atoms with Crippen LogP contribution < -0.4 is 4.74 Å². The van der Waals surface area contributed by atoms with Crippen molar-refractivity contribution >= 4 is 11.9 Å². The summed E-state index contributed by atoms with van der Waals surface area (Å²) in [5.41, 5.74) is 10.2.